The summed E-state index contributed by atoms with van der Waals surface area (Å²) < 4.78 is 5.79. The molecule has 0 saturated heterocycles. The molecule has 1 atom stereocenters. The van der Waals surface area contributed by atoms with E-state index in [1.807, 2.05) is 91.0 Å². The molecule has 7 nitrogen and oxygen atoms in total. The van der Waals surface area contributed by atoms with Gasteiger partial charge < -0.3 is 20.1 Å². The molecule has 4 aromatic carbocycles. The van der Waals surface area contributed by atoms with Crippen molar-refractivity contribution in [3.8, 4) is 5.75 Å². The summed E-state index contributed by atoms with van der Waals surface area (Å²) in [5.41, 5.74) is 5.15. The molecule has 0 fully saturated rings. The third-order valence-electron chi connectivity index (χ3n) is 6.20. The van der Waals surface area contributed by atoms with E-state index in [9.17, 15) is 14.7 Å². The van der Waals surface area contributed by atoms with Crippen LogP contribution in [0.15, 0.2) is 103 Å². The number of nitrogens with zero attached hydrogens (tertiary/aromatic N) is 1. The largest absolute Gasteiger partial charge is 0.489 e. The van der Waals surface area contributed by atoms with E-state index in [2.05, 4.69) is 15.3 Å². The van der Waals surface area contributed by atoms with Crippen LogP contribution in [-0.2, 0) is 17.8 Å². The van der Waals surface area contributed by atoms with Crippen LogP contribution in [0.1, 0.15) is 32.9 Å². The van der Waals surface area contributed by atoms with Crippen LogP contribution < -0.4 is 10.1 Å². The summed E-state index contributed by atoms with van der Waals surface area (Å²) in [5.74, 6) is -0.969. The maximum absolute atomic E-state index is 12.9. The van der Waals surface area contributed by atoms with Gasteiger partial charge >= 0.3 is 5.97 Å². The summed E-state index contributed by atoms with van der Waals surface area (Å²) in [6, 6.07) is 31.5. The number of aromatic amines is 1. The molecule has 5 rings (SSSR count). The van der Waals surface area contributed by atoms with Crippen molar-refractivity contribution >= 4 is 35.1 Å². The fourth-order valence-corrected chi connectivity index (χ4v) is 4.12. The molecule has 1 heterocycles. The summed E-state index contributed by atoms with van der Waals surface area (Å²) in [4.78, 5) is 32.2. The number of imidazole rings is 1. The van der Waals surface area contributed by atoms with Gasteiger partial charge in [-0.05, 0) is 46.5 Å². The molecule has 0 aliphatic heterocycles. The number of amides is 1. The normalized spacial score (nSPS) is 11.9. The first-order chi connectivity index (χ1) is 19.0. The lowest BCUT2D eigenvalue weighted by atomic mass is 10.1. The van der Waals surface area contributed by atoms with Gasteiger partial charge in [-0.15, -0.1) is 0 Å². The zero-order chi connectivity index (χ0) is 27.0. The summed E-state index contributed by atoms with van der Waals surface area (Å²) in [7, 11) is 0. The number of carboxylic acids is 1. The molecular formula is C32H27N3O4. The highest BCUT2D eigenvalue weighted by Crippen LogP contribution is 2.18. The van der Waals surface area contributed by atoms with Gasteiger partial charge in [0.15, 0.2) is 5.82 Å². The lowest BCUT2D eigenvalue weighted by molar-refractivity contribution is -0.139. The molecule has 7 heteroatoms. The summed E-state index contributed by atoms with van der Waals surface area (Å²) in [5, 5.41) is 12.3. The summed E-state index contributed by atoms with van der Waals surface area (Å²) >= 11 is 0. The van der Waals surface area contributed by atoms with Gasteiger partial charge in [0.2, 0.25) is 0 Å². The van der Waals surface area contributed by atoms with Gasteiger partial charge in [0.25, 0.3) is 5.91 Å². The zero-order valence-electron chi connectivity index (χ0n) is 21.1. The number of carbonyl (C=O) groups is 2. The van der Waals surface area contributed by atoms with Crippen molar-refractivity contribution in [1.29, 1.82) is 0 Å². The first kappa shape index (κ1) is 25.5. The van der Waals surface area contributed by atoms with Gasteiger partial charge in [-0.3, -0.25) is 4.79 Å². The van der Waals surface area contributed by atoms with Gasteiger partial charge in [-0.1, -0.05) is 91.0 Å². The highest BCUT2D eigenvalue weighted by Gasteiger charge is 2.23. The van der Waals surface area contributed by atoms with Crippen LogP contribution in [0.3, 0.4) is 0 Å². The zero-order valence-corrected chi connectivity index (χ0v) is 21.1. The molecule has 0 unspecified atom stereocenters. The van der Waals surface area contributed by atoms with E-state index >= 15 is 0 Å². The molecule has 39 heavy (non-hydrogen) atoms. The molecule has 0 aliphatic carbocycles. The van der Waals surface area contributed by atoms with Crippen molar-refractivity contribution in [2.75, 3.05) is 0 Å². The highest BCUT2D eigenvalue weighted by atomic mass is 16.5. The Morgan fingerprint density at radius 2 is 1.54 bits per heavy atom. The first-order valence-corrected chi connectivity index (χ1v) is 12.6. The third kappa shape index (κ3) is 6.78. The predicted octanol–water partition coefficient (Wildman–Crippen LogP) is 5.74. The smallest absolute Gasteiger partial charge is 0.326 e. The molecule has 1 aromatic heterocycles. The lowest BCUT2D eigenvalue weighted by Gasteiger charge is -2.14. The number of H-pyrrole nitrogens is 1. The monoisotopic (exact) mass is 517 g/mol. The van der Waals surface area contributed by atoms with Crippen LogP contribution in [0.2, 0.25) is 0 Å². The number of fused-ring (bicyclic) bond motifs is 1. The maximum atomic E-state index is 12.9. The van der Waals surface area contributed by atoms with Crippen molar-refractivity contribution in [3.05, 3.63) is 131 Å². The Balaban J connectivity index is 1.22. The molecule has 0 radical (unpaired) electrons. The first-order valence-electron chi connectivity index (χ1n) is 12.6. The maximum Gasteiger partial charge on any atom is 0.326 e. The second kappa shape index (κ2) is 11.9. The van der Waals surface area contributed by atoms with E-state index in [-0.39, 0.29) is 12.2 Å². The van der Waals surface area contributed by atoms with Crippen molar-refractivity contribution in [2.24, 2.45) is 0 Å². The van der Waals surface area contributed by atoms with Crippen molar-refractivity contribution < 1.29 is 19.4 Å². The minimum atomic E-state index is -1.13. The van der Waals surface area contributed by atoms with E-state index in [1.165, 1.54) is 0 Å². The van der Waals surface area contributed by atoms with E-state index < -0.39 is 17.9 Å². The van der Waals surface area contributed by atoms with E-state index in [1.54, 1.807) is 24.3 Å². The number of carbonyl (C=O) groups excluding carboxylic acids is 1. The molecule has 0 saturated carbocycles. The molecule has 5 aromatic rings. The van der Waals surface area contributed by atoms with Gasteiger partial charge in [0.05, 0.1) is 11.0 Å². The quantitative estimate of drug-likeness (QED) is 0.205. The average molecular weight is 518 g/mol. The molecule has 0 spiro atoms. The summed E-state index contributed by atoms with van der Waals surface area (Å²) in [6.45, 7) is 0.441. The molecule has 0 bridgehead atoms. The van der Waals surface area contributed by atoms with Crippen LogP contribution in [0, 0.1) is 0 Å². The fraction of sp³-hybridized carbons (Fsp3) is 0.0938. The number of benzene rings is 4. The van der Waals surface area contributed by atoms with Gasteiger partial charge in [0, 0.05) is 6.42 Å². The number of hydrogen-bond donors (Lipinski definition) is 3. The Hall–Kier alpha value is -5.17. The lowest BCUT2D eigenvalue weighted by Crippen LogP contribution is -2.42. The third-order valence-corrected chi connectivity index (χ3v) is 6.20. The molecule has 194 valence electrons. The molecule has 1 amide bonds. The minimum Gasteiger partial charge on any atom is -0.489 e. The second-order valence-corrected chi connectivity index (χ2v) is 9.09. The van der Waals surface area contributed by atoms with Crippen LogP contribution in [0.5, 0.6) is 5.75 Å². The Morgan fingerprint density at radius 1 is 0.846 bits per heavy atom. The fourth-order valence-electron chi connectivity index (χ4n) is 4.12. The van der Waals surface area contributed by atoms with Crippen molar-refractivity contribution in [1.82, 2.24) is 15.3 Å². The summed E-state index contributed by atoms with van der Waals surface area (Å²) in [6.07, 6.45) is 4.10. The SMILES string of the molecule is O=C(N[C@@H](Cc1ccc(OCc2ccccc2)cc1)C(=O)O)c1nc2ccc(/C=C/c3ccccc3)cc2[nH]1. The predicted molar refractivity (Wildman–Crippen MR) is 151 cm³/mol. The van der Waals surface area contributed by atoms with Crippen LogP contribution in [-0.4, -0.2) is 33.0 Å². The second-order valence-electron chi connectivity index (χ2n) is 9.09. The van der Waals surface area contributed by atoms with Crippen LogP contribution >= 0.6 is 0 Å². The van der Waals surface area contributed by atoms with E-state index in [4.69, 9.17) is 4.74 Å². The Labute approximate surface area is 225 Å². The number of aromatic nitrogens is 2. The number of ether oxygens (including phenoxy) is 1. The van der Waals surface area contributed by atoms with Gasteiger partial charge in [0.1, 0.15) is 18.4 Å². The highest BCUT2D eigenvalue weighted by molar-refractivity contribution is 5.96. The Morgan fingerprint density at radius 3 is 2.26 bits per heavy atom. The topological polar surface area (TPSA) is 104 Å². The number of rotatable bonds is 10. The molecule has 3 N–H and O–H groups in total. The van der Waals surface area contributed by atoms with E-state index in [0.29, 0.717) is 23.4 Å². The standard InChI is InChI=1S/C32H27N3O4/c36-31(30-33-27-18-15-23(19-28(27)34-30)12-11-22-7-3-1-4-8-22)35-29(32(37)38)20-24-13-16-26(17-14-24)39-21-25-9-5-2-6-10-25/h1-19,29H,20-21H2,(H,33,34)(H,35,36)(H,37,38)/b12-11+/t29-/m0/s1. The molecular weight excluding hydrogens is 490 g/mol. The molecule has 0 aliphatic rings. The average Bonchev–Trinajstić information content (AvgIpc) is 3.40. The van der Waals surface area contributed by atoms with Crippen molar-refractivity contribution in [2.45, 2.75) is 19.1 Å². The van der Waals surface area contributed by atoms with Gasteiger partial charge in [-0.25, -0.2) is 9.78 Å². The van der Waals surface area contributed by atoms with Crippen LogP contribution in [0.25, 0.3) is 23.2 Å². The number of carboxylic acid groups (broad SMARTS) is 1. The number of nitrogens with one attached hydrogen (secondary N) is 2. The minimum absolute atomic E-state index is 0.0603. The van der Waals surface area contributed by atoms with E-state index in [0.717, 1.165) is 22.3 Å². The number of hydrogen-bond acceptors (Lipinski definition) is 4. The van der Waals surface area contributed by atoms with Crippen LogP contribution in [0.4, 0.5) is 0 Å². The number of aliphatic carboxylic acids is 1. The van der Waals surface area contributed by atoms with Gasteiger partial charge in [-0.2, -0.15) is 0 Å². The Bertz CT molecular complexity index is 1590. The van der Waals surface area contributed by atoms with Crippen molar-refractivity contribution in [3.63, 3.8) is 0 Å². The Kier molecular flexibility index (Phi) is 7.79.